The highest BCUT2D eigenvalue weighted by molar-refractivity contribution is 8.77. The van der Waals surface area contributed by atoms with Crippen LogP contribution in [0.2, 0.25) is 0 Å². The maximum absolute atomic E-state index is 12.4. The Balaban J connectivity index is 1.47. The summed E-state index contributed by atoms with van der Waals surface area (Å²) in [6.07, 6.45) is 5.63. The zero-order chi connectivity index (χ0) is 19.2. The van der Waals surface area contributed by atoms with E-state index in [0.717, 1.165) is 40.7 Å². The molecular weight excluding hydrogens is 400 g/mol. The number of hydrogen-bond acceptors (Lipinski definition) is 6. The Labute approximate surface area is 171 Å². The summed E-state index contributed by atoms with van der Waals surface area (Å²) < 4.78 is 0. The van der Waals surface area contributed by atoms with Crippen molar-refractivity contribution in [2.24, 2.45) is 0 Å². The van der Waals surface area contributed by atoms with E-state index in [9.17, 15) is 14.7 Å². The van der Waals surface area contributed by atoms with E-state index >= 15 is 0 Å². The van der Waals surface area contributed by atoms with Crippen LogP contribution in [-0.2, 0) is 11.2 Å². The highest BCUT2D eigenvalue weighted by Crippen LogP contribution is 2.39. The molecule has 1 unspecified atom stereocenters. The summed E-state index contributed by atoms with van der Waals surface area (Å²) in [5.41, 5.74) is 1.84. The predicted molar refractivity (Wildman–Crippen MR) is 116 cm³/mol. The van der Waals surface area contributed by atoms with Crippen LogP contribution < -0.4 is 9.77 Å². The van der Waals surface area contributed by atoms with Gasteiger partial charge < -0.3 is 10.0 Å². The maximum Gasteiger partial charge on any atom is 0.307 e. The number of rotatable bonds is 8. The molecule has 1 aromatic heterocycles. The number of aromatic amines is 1. The number of amides is 1. The summed E-state index contributed by atoms with van der Waals surface area (Å²) in [6, 6.07) is 7.67. The summed E-state index contributed by atoms with van der Waals surface area (Å²) in [6.45, 7) is 0. The van der Waals surface area contributed by atoms with E-state index < -0.39 is 0 Å². The van der Waals surface area contributed by atoms with E-state index in [1.165, 1.54) is 18.6 Å². The lowest BCUT2D eigenvalue weighted by Crippen LogP contribution is -2.25. The number of anilines is 1. The molecule has 3 rings (SSSR count). The van der Waals surface area contributed by atoms with Gasteiger partial charge in [0.25, 0.3) is 0 Å². The first kappa shape index (κ1) is 20.4. The second-order valence-corrected chi connectivity index (χ2v) is 10.5. The van der Waals surface area contributed by atoms with Crippen molar-refractivity contribution in [2.75, 3.05) is 17.7 Å². The van der Waals surface area contributed by atoms with E-state index in [2.05, 4.69) is 4.98 Å². The van der Waals surface area contributed by atoms with Crippen LogP contribution in [0.4, 0.5) is 5.69 Å². The minimum atomic E-state index is -0.255. The molecule has 1 atom stereocenters. The number of unbranched alkanes of at least 4 members (excludes halogenated alkanes) is 1. The van der Waals surface area contributed by atoms with Crippen LogP contribution >= 0.6 is 32.9 Å². The Hall–Kier alpha value is -1.38. The first-order valence-corrected chi connectivity index (χ1v) is 12.3. The molecule has 0 aliphatic carbocycles. The summed E-state index contributed by atoms with van der Waals surface area (Å²) in [5, 5.41) is 10.5. The molecule has 1 aromatic carbocycles. The summed E-state index contributed by atoms with van der Waals surface area (Å²) in [4.78, 5) is 28.1. The molecule has 0 saturated carbocycles. The number of H-pyrrole nitrogens is 1. The molecule has 0 spiro atoms. The van der Waals surface area contributed by atoms with Gasteiger partial charge in [-0.2, -0.15) is 0 Å². The Morgan fingerprint density at radius 1 is 1.30 bits per heavy atom. The molecule has 0 radical (unpaired) electrons. The highest BCUT2D eigenvalue weighted by atomic mass is 33.1. The molecule has 1 aliphatic heterocycles. The second kappa shape index (κ2) is 9.71. The third kappa shape index (κ3) is 5.80. The summed E-state index contributed by atoms with van der Waals surface area (Å²) in [5.74, 6) is 1.34. The van der Waals surface area contributed by atoms with E-state index in [1.807, 2.05) is 52.9 Å². The molecule has 5 nitrogen and oxygen atoms in total. The maximum atomic E-state index is 12.4. The fraction of sp³-hybridized carbons (Fsp3) is 0.474. The van der Waals surface area contributed by atoms with Crippen molar-refractivity contribution in [1.29, 1.82) is 0 Å². The zero-order valence-corrected chi connectivity index (χ0v) is 17.7. The number of aromatic hydroxyl groups is 1. The Morgan fingerprint density at radius 2 is 2.07 bits per heavy atom. The van der Waals surface area contributed by atoms with Crippen LogP contribution in [0.25, 0.3) is 0 Å². The lowest BCUT2D eigenvalue weighted by molar-refractivity contribution is -0.118. The van der Waals surface area contributed by atoms with Gasteiger partial charge in [-0.05, 0) is 37.0 Å². The van der Waals surface area contributed by atoms with E-state index in [-0.39, 0.29) is 16.7 Å². The normalized spacial score (nSPS) is 16.6. The molecule has 8 heteroatoms. The lowest BCUT2D eigenvalue weighted by atomic mass is 10.1. The standard InChI is InChI=1S/C19H24N2O3S3/c1-21(17(22)5-3-2-4-15-10-11-25-27-15)14-8-6-13(7-9-14)12-16-18(23)20-19(24)26-16/h6-9,15,23H,2-5,10-12H2,1H3,(H,20,24). The van der Waals surface area contributed by atoms with Crippen molar-refractivity contribution >= 4 is 44.5 Å². The predicted octanol–water partition coefficient (Wildman–Crippen LogP) is 4.41. The molecule has 0 bridgehead atoms. The Morgan fingerprint density at radius 3 is 2.70 bits per heavy atom. The number of nitrogens with one attached hydrogen (secondary N) is 1. The van der Waals surface area contributed by atoms with E-state index in [4.69, 9.17) is 0 Å². The molecule has 1 saturated heterocycles. The quantitative estimate of drug-likeness (QED) is 0.485. The van der Waals surface area contributed by atoms with Gasteiger partial charge in [-0.1, -0.05) is 51.5 Å². The topological polar surface area (TPSA) is 73.4 Å². The van der Waals surface area contributed by atoms with Crippen LogP contribution in [0.3, 0.4) is 0 Å². The number of carbonyl (C=O) groups is 1. The number of hydrogen-bond donors (Lipinski definition) is 2. The summed E-state index contributed by atoms with van der Waals surface area (Å²) in [7, 11) is 5.77. The Bertz CT molecular complexity index is 810. The molecular formula is C19H24N2O3S3. The molecule has 1 fully saturated rings. The first-order valence-electron chi connectivity index (χ1n) is 9.07. The third-order valence-electron chi connectivity index (χ3n) is 4.66. The van der Waals surface area contributed by atoms with Crippen LogP contribution in [0.15, 0.2) is 29.1 Å². The molecule has 2 aromatic rings. The average Bonchev–Trinajstić information content (AvgIpc) is 3.28. The number of nitrogens with zero attached hydrogens (tertiary/aromatic N) is 1. The lowest BCUT2D eigenvalue weighted by Gasteiger charge is -2.18. The molecule has 27 heavy (non-hydrogen) atoms. The van der Waals surface area contributed by atoms with Crippen LogP contribution in [0, 0.1) is 0 Å². The minimum Gasteiger partial charge on any atom is -0.494 e. The van der Waals surface area contributed by atoms with Crippen molar-refractivity contribution in [2.45, 2.75) is 43.8 Å². The second-order valence-electron chi connectivity index (χ2n) is 6.66. The van der Waals surface area contributed by atoms with Gasteiger partial charge in [-0.25, -0.2) is 0 Å². The largest absolute Gasteiger partial charge is 0.494 e. The van der Waals surface area contributed by atoms with Crippen LogP contribution in [-0.4, -0.2) is 34.0 Å². The first-order chi connectivity index (χ1) is 13.0. The fourth-order valence-electron chi connectivity index (χ4n) is 3.02. The van der Waals surface area contributed by atoms with Gasteiger partial charge >= 0.3 is 4.87 Å². The third-order valence-corrected chi connectivity index (χ3v) is 8.54. The van der Waals surface area contributed by atoms with Crippen molar-refractivity contribution < 1.29 is 9.90 Å². The summed E-state index contributed by atoms with van der Waals surface area (Å²) >= 11 is 1.02. The van der Waals surface area contributed by atoms with Gasteiger partial charge in [-0.3, -0.25) is 14.6 Å². The van der Waals surface area contributed by atoms with Crippen molar-refractivity contribution in [3.63, 3.8) is 0 Å². The van der Waals surface area contributed by atoms with Gasteiger partial charge in [0.15, 0.2) is 0 Å². The average molecular weight is 425 g/mol. The van der Waals surface area contributed by atoms with Crippen molar-refractivity contribution in [3.05, 3.63) is 44.4 Å². The number of thiazole rings is 1. The molecule has 2 N–H and O–H groups in total. The van der Waals surface area contributed by atoms with Gasteiger partial charge in [0.05, 0.1) is 4.88 Å². The van der Waals surface area contributed by atoms with Gasteiger partial charge in [-0.15, -0.1) is 0 Å². The fourth-order valence-corrected chi connectivity index (χ4v) is 6.80. The number of aromatic nitrogens is 1. The molecule has 2 heterocycles. The van der Waals surface area contributed by atoms with Gasteiger partial charge in [0.1, 0.15) is 0 Å². The number of carbonyl (C=O) groups excluding carboxylic acids is 1. The Kier molecular flexibility index (Phi) is 7.32. The number of benzene rings is 1. The van der Waals surface area contributed by atoms with Gasteiger partial charge in [0, 0.05) is 36.6 Å². The highest BCUT2D eigenvalue weighted by Gasteiger charge is 2.17. The molecule has 1 amide bonds. The monoisotopic (exact) mass is 424 g/mol. The molecule has 146 valence electrons. The van der Waals surface area contributed by atoms with Crippen LogP contribution in [0.1, 0.15) is 42.5 Å². The van der Waals surface area contributed by atoms with E-state index in [1.54, 1.807) is 4.90 Å². The zero-order valence-electron chi connectivity index (χ0n) is 15.3. The smallest absolute Gasteiger partial charge is 0.307 e. The van der Waals surface area contributed by atoms with E-state index in [0.29, 0.717) is 17.7 Å². The van der Waals surface area contributed by atoms with Crippen molar-refractivity contribution in [1.82, 2.24) is 4.98 Å². The van der Waals surface area contributed by atoms with Crippen LogP contribution in [0.5, 0.6) is 5.88 Å². The minimum absolute atomic E-state index is 0.0593. The van der Waals surface area contributed by atoms with Crippen molar-refractivity contribution in [3.8, 4) is 5.88 Å². The molecule has 1 aliphatic rings. The SMILES string of the molecule is CN(C(=O)CCCCC1CCSS1)c1ccc(Cc2sc(=O)[nH]c2O)cc1. The van der Waals surface area contributed by atoms with Gasteiger partial charge in [0.2, 0.25) is 11.8 Å².